The third-order valence-electron chi connectivity index (χ3n) is 10.9. The van der Waals surface area contributed by atoms with Gasteiger partial charge >= 0.3 is 0 Å². The van der Waals surface area contributed by atoms with Crippen molar-refractivity contribution in [1.82, 2.24) is 4.90 Å². The Morgan fingerprint density at radius 1 is 0.447 bits per heavy atom. The first kappa shape index (κ1) is 43.9. The molecule has 47 heavy (non-hydrogen) atoms. The first-order chi connectivity index (χ1) is 23.0. The Morgan fingerprint density at radius 2 is 0.809 bits per heavy atom. The van der Waals surface area contributed by atoms with E-state index in [1.165, 1.54) is 186 Å². The molecule has 0 amide bonds. The van der Waals surface area contributed by atoms with Gasteiger partial charge in [-0.3, -0.25) is 9.59 Å². The van der Waals surface area contributed by atoms with Crippen LogP contribution >= 0.6 is 0 Å². The number of nitrogens with one attached hydrogen (secondary N) is 1. The smallest absolute Gasteiger partial charge is 0.249 e. The van der Waals surface area contributed by atoms with Crippen molar-refractivity contribution in [3.05, 3.63) is 26.0 Å². The zero-order valence-electron chi connectivity index (χ0n) is 32.5. The van der Waals surface area contributed by atoms with Gasteiger partial charge in [-0.1, -0.05) is 188 Å². The monoisotopic (exact) mass is 659 g/mol. The molecule has 1 rings (SSSR count). The highest BCUT2D eigenvalue weighted by Gasteiger charge is 2.16. The molecule has 0 fully saturated rings. The van der Waals surface area contributed by atoms with Crippen molar-refractivity contribution in [2.75, 3.05) is 31.5 Å². The Morgan fingerprint density at radius 3 is 1.23 bits per heavy atom. The molecule has 0 aliphatic carbocycles. The maximum atomic E-state index is 11.8. The third-order valence-corrected chi connectivity index (χ3v) is 10.9. The Labute approximate surface area is 293 Å². The fourth-order valence-electron chi connectivity index (χ4n) is 7.56. The first-order valence-corrected chi connectivity index (χ1v) is 21.2. The average molecular weight is 659 g/mol. The van der Waals surface area contributed by atoms with Gasteiger partial charge in [0.15, 0.2) is 0 Å². The molecule has 0 spiro atoms. The predicted octanol–water partition coefficient (Wildman–Crippen LogP) is 12.5. The summed E-state index contributed by atoms with van der Waals surface area (Å²) in [5.41, 5.74) is 0.523. The van der Waals surface area contributed by atoms with Crippen molar-refractivity contribution in [3.63, 3.8) is 0 Å². The van der Waals surface area contributed by atoms with E-state index in [0.29, 0.717) is 11.3 Å². The van der Waals surface area contributed by atoms with Gasteiger partial charge in [0.1, 0.15) is 0 Å². The van der Waals surface area contributed by atoms with Crippen LogP contribution in [0.1, 0.15) is 213 Å². The molecule has 0 atom stereocenters. The minimum atomic E-state index is -0.329. The van der Waals surface area contributed by atoms with Crippen molar-refractivity contribution in [3.8, 4) is 0 Å². The molecule has 0 unspecified atom stereocenters. The van der Waals surface area contributed by atoms with Crippen LogP contribution in [0.5, 0.6) is 0 Å². The van der Waals surface area contributed by atoms with Gasteiger partial charge in [-0.25, -0.2) is 0 Å². The van der Waals surface area contributed by atoms with Gasteiger partial charge in [0.2, 0.25) is 10.9 Å². The lowest BCUT2D eigenvalue weighted by Crippen LogP contribution is -2.37. The van der Waals surface area contributed by atoms with E-state index < -0.39 is 0 Å². The van der Waals surface area contributed by atoms with Gasteiger partial charge < -0.3 is 10.2 Å². The van der Waals surface area contributed by atoms with Crippen LogP contribution in [-0.2, 0) is 0 Å². The van der Waals surface area contributed by atoms with E-state index in [2.05, 4.69) is 37.9 Å². The highest BCUT2D eigenvalue weighted by atomic mass is 16.2. The summed E-state index contributed by atoms with van der Waals surface area (Å²) in [7, 11) is 0. The molecule has 1 aromatic carbocycles. The van der Waals surface area contributed by atoms with Gasteiger partial charge in [-0.15, -0.1) is 0 Å². The van der Waals surface area contributed by atoms with E-state index in [1.54, 1.807) is 6.92 Å². The minimum Gasteiger partial charge on any atom is -0.381 e. The van der Waals surface area contributed by atoms with Crippen molar-refractivity contribution in [2.24, 2.45) is 11.8 Å². The SMILES string of the molecule is CCCCCC(CCCCC)CCCCCCCN(CCCCCCCCC(CCCC)CCCC)CCCNc1c(C)c(=O)c1=O. The molecule has 0 saturated heterocycles. The van der Waals surface area contributed by atoms with Gasteiger partial charge in [0, 0.05) is 12.1 Å². The van der Waals surface area contributed by atoms with Gasteiger partial charge in [0.05, 0.1) is 5.69 Å². The number of nitrogens with zero attached hydrogens (tertiary/aromatic N) is 1. The quantitative estimate of drug-likeness (QED) is 0.0576. The zero-order chi connectivity index (χ0) is 34.4. The summed E-state index contributed by atoms with van der Waals surface area (Å²) in [6.45, 7) is 15.3. The molecule has 0 aliphatic heterocycles. The number of hydrogen-bond donors (Lipinski definition) is 1. The molecule has 0 radical (unpaired) electrons. The Balaban J connectivity index is 2.33. The lowest BCUT2D eigenvalue weighted by molar-refractivity contribution is 0.259. The van der Waals surface area contributed by atoms with Crippen LogP contribution in [-0.4, -0.2) is 31.1 Å². The summed E-state index contributed by atoms with van der Waals surface area (Å²) in [5, 5.41) is 3.24. The van der Waals surface area contributed by atoms with E-state index in [4.69, 9.17) is 0 Å². The molecule has 4 nitrogen and oxygen atoms in total. The molecular weight excluding hydrogens is 576 g/mol. The molecular formula is C43H82N2O2. The van der Waals surface area contributed by atoms with Crippen molar-refractivity contribution in [2.45, 2.75) is 214 Å². The molecule has 276 valence electrons. The minimum absolute atomic E-state index is 0.314. The highest BCUT2D eigenvalue weighted by molar-refractivity contribution is 5.55. The zero-order valence-corrected chi connectivity index (χ0v) is 32.5. The lowest BCUT2D eigenvalue weighted by Gasteiger charge is -2.23. The Kier molecular flexibility index (Phi) is 28.8. The normalized spacial score (nSPS) is 12.0. The second kappa shape index (κ2) is 30.9. The molecule has 0 aromatic heterocycles. The highest BCUT2D eigenvalue weighted by Crippen LogP contribution is 2.25. The summed E-state index contributed by atoms with van der Waals surface area (Å²) in [4.78, 5) is 26.0. The first-order valence-electron chi connectivity index (χ1n) is 21.2. The lowest BCUT2D eigenvalue weighted by atomic mass is 9.90. The van der Waals surface area contributed by atoms with Crippen LogP contribution in [0.2, 0.25) is 0 Å². The molecule has 0 saturated carbocycles. The van der Waals surface area contributed by atoms with Crippen LogP contribution in [0.15, 0.2) is 9.59 Å². The van der Waals surface area contributed by atoms with Crippen LogP contribution in [0.4, 0.5) is 5.69 Å². The summed E-state index contributed by atoms with van der Waals surface area (Å²) >= 11 is 0. The standard InChI is InChI=1S/C43H82N2O2/c1-6-10-21-30-40(31-22-11-7-2)33-24-18-16-20-26-36-45(37-27-34-44-41-38(5)42(46)43(41)47)35-25-19-15-14-17-23-32-39(28-12-8-3)29-13-9-4/h39-40,44H,6-37H2,1-5H3. The maximum absolute atomic E-state index is 11.8. The van der Waals surface area contributed by atoms with E-state index in [1.807, 2.05) is 0 Å². The fraction of sp³-hybridized carbons (Fsp3) is 0.907. The van der Waals surface area contributed by atoms with Gasteiger partial charge in [-0.2, -0.15) is 0 Å². The number of anilines is 1. The largest absolute Gasteiger partial charge is 0.381 e. The topological polar surface area (TPSA) is 49.4 Å². The number of rotatable bonds is 36. The van der Waals surface area contributed by atoms with Crippen LogP contribution < -0.4 is 16.2 Å². The van der Waals surface area contributed by atoms with Crippen molar-refractivity contribution in [1.29, 1.82) is 0 Å². The fourth-order valence-corrected chi connectivity index (χ4v) is 7.56. The van der Waals surface area contributed by atoms with Gasteiger partial charge in [-0.05, 0) is 57.7 Å². The molecule has 1 aromatic rings. The van der Waals surface area contributed by atoms with E-state index in [9.17, 15) is 9.59 Å². The van der Waals surface area contributed by atoms with E-state index in [0.717, 1.165) is 31.3 Å². The van der Waals surface area contributed by atoms with Crippen LogP contribution in [0.3, 0.4) is 0 Å². The van der Waals surface area contributed by atoms with E-state index in [-0.39, 0.29) is 10.9 Å². The maximum Gasteiger partial charge on any atom is 0.249 e. The number of unbranched alkanes of at least 4 members (excludes halogenated alkanes) is 15. The summed E-state index contributed by atoms with van der Waals surface area (Å²) in [5.74, 6) is 1.95. The van der Waals surface area contributed by atoms with Crippen LogP contribution in [0, 0.1) is 18.8 Å². The molecule has 0 heterocycles. The molecule has 0 bridgehead atoms. The van der Waals surface area contributed by atoms with Crippen molar-refractivity contribution < 1.29 is 0 Å². The summed E-state index contributed by atoms with van der Waals surface area (Å²) in [6.07, 6.45) is 38.8. The van der Waals surface area contributed by atoms with Crippen molar-refractivity contribution >= 4 is 5.69 Å². The molecule has 1 N–H and O–H groups in total. The summed E-state index contributed by atoms with van der Waals surface area (Å²) in [6, 6.07) is 0. The Bertz CT molecular complexity index is 871. The second-order valence-electron chi connectivity index (χ2n) is 15.3. The number of hydrogen-bond acceptors (Lipinski definition) is 4. The van der Waals surface area contributed by atoms with Crippen LogP contribution in [0.25, 0.3) is 0 Å². The summed E-state index contributed by atoms with van der Waals surface area (Å²) < 4.78 is 0. The predicted molar refractivity (Wildman–Crippen MR) is 210 cm³/mol. The van der Waals surface area contributed by atoms with Gasteiger partial charge in [0.25, 0.3) is 0 Å². The average Bonchev–Trinajstić information content (AvgIpc) is 3.08. The van der Waals surface area contributed by atoms with E-state index >= 15 is 0 Å². The second-order valence-corrected chi connectivity index (χ2v) is 15.3. The Hall–Kier alpha value is -1.16. The third kappa shape index (κ3) is 22.2. The molecule has 0 aliphatic rings. The molecule has 4 heteroatoms.